The van der Waals surface area contributed by atoms with Crippen molar-refractivity contribution in [3.05, 3.63) is 51.6 Å². The van der Waals surface area contributed by atoms with Crippen molar-refractivity contribution in [3.63, 3.8) is 0 Å². The third-order valence-corrected chi connectivity index (χ3v) is 7.98. The Morgan fingerprint density at radius 1 is 1.18 bits per heavy atom. The lowest BCUT2D eigenvalue weighted by molar-refractivity contribution is 0.0577. The summed E-state index contributed by atoms with van der Waals surface area (Å²) in [5, 5.41) is 24.0. The van der Waals surface area contributed by atoms with Crippen LogP contribution in [0.4, 0.5) is 0 Å². The van der Waals surface area contributed by atoms with Crippen molar-refractivity contribution < 1.29 is 5.11 Å². The maximum atomic E-state index is 13.1. The number of H-pyrrole nitrogens is 1. The monoisotopic (exact) mass is 464 g/mol. The Bertz CT molecular complexity index is 1170. The molecule has 2 aliphatic rings. The molecule has 2 aliphatic carbocycles. The number of nitrogens with zero attached hydrogens (tertiary/aromatic N) is 5. The van der Waals surface area contributed by atoms with Crippen LogP contribution < -0.4 is 5.56 Å². The van der Waals surface area contributed by atoms with Crippen LogP contribution in [0.15, 0.2) is 29.1 Å². The van der Waals surface area contributed by atoms with E-state index >= 15 is 0 Å². The lowest BCUT2D eigenvalue weighted by Crippen LogP contribution is -2.47. The number of tetrazole rings is 1. The highest BCUT2D eigenvalue weighted by Gasteiger charge is 2.46. The molecule has 182 valence electrons. The molecule has 8 heteroatoms. The molecule has 0 radical (unpaired) electrons. The Hall–Kier alpha value is -2.58. The third kappa shape index (κ3) is 4.29. The second-order valence-corrected chi connectivity index (χ2v) is 10.1. The first-order valence-electron chi connectivity index (χ1n) is 12.9. The molecule has 1 aromatic carbocycles. The number of hydrogen-bond donors (Lipinski definition) is 2. The van der Waals surface area contributed by atoms with Crippen molar-refractivity contribution >= 4 is 10.9 Å². The molecule has 8 nitrogen and oxygen atoms in total. The van der Waals surface area contributed by atoms with Crippen LogP contribution in [0, 0.1) is 6.92 Å². The number of aromatic nitrogens is 5. The predicted octanol–water partition coefficient (Wildman–Crippen LogP) is 3.98. The van der Waals surface area contributed by atoms with E-state index < -0.39 is 0 Å². The maximum Gasteiger partial charge on any atom is 0.252 e. The van der Waals surface area contributed by atoms with Crippen LogP contribution in [0.2, 0.25) is 0 Å². The molecule has 0 amide bonds. The maximum absolute atomic E-state index is 13.1. The summed E-state index contributed by atoms with van der Waals surface area (Å²) < 4.78 is 2.10. The van der Waals surface area contributed by atoms with Gasteiger partial charge in [-0.15, -0.1) is 5.10 Å². The normalized spacial score (nSPS) is 18.8. The Kier molecular flexibility index (Phi) is 6.79. The lowest BCUT2D eigenvalue weighted by Gasteiger charge is -2.41. The molecule has 3 aromatic rings. The van der Waals surface area contributed by atoms with Crippen LogP contribution in [0.3, 0.4) is 0 Å². The molecule has 2 fully saturated rings. The highest BCUT2D eigenvalue weighted by Crippen LogP contribution is 2.45. The van der Waals surface area contributed by atoms with Crippen molar-refractivity contribution in [2.75, 3.05) is 13.2 Å². The van der Waals surface area contributed by atoms with E-state index in [9.17, 15) is 9.90 Å². The lowest BCUT2D eigenvalue weighted by atomic mass is 9.90. The minimum absolute atomic E-state index is 0.0455. The second kappa shape index (κ2) is 9.96. The van der Waals surface area contributed by atoms with E-state index in [1.165, 1.54) is 19.3 Å². The van der Waals surface area contributed by atoms with Crippen LogP contribution in [0.5, 0.6) is 0 Å². The van der Waals surface area contributed by atoms with E-state index in [1.54, 1.807) is 0 Å². The van der Waals surface area contributed by atoms with E-state index in [2.05, 4.69) is 36.2 Å². The van der Waals surface area contributed by atoms with E-state index in [0.29, 0.717) is 25.6 Å². The Labute approximate surface area is 200 Å². The summed E-state index contributed by atoms with van der Waals surface area (Å²) in [4.78, 5) is 18.6. The van der Waals surface area contributed by atoms with Gasteiger partial charge >= 0.3 is 0 Å². The van der Waals surface area contributed by atoms with Gasteiger partial charge in [-0.25, -0.2) is 4.68 Å². The van der Waals surface area contributed by atoms with Crippen molar-refractivity contribution in [3.8, 4) is 0 Å². The van der Waals surface area contributed by atoms with Gasteiger partial charge in [-0.05, 0) is 66.5 Å². The molecule has 0 saturated heterocycles. The topological polar surface area (TPSA) is 99.9 Å². The summed E-state index contributed by atoms with van der Waals surface area (Å²) in [7, 11) is 0. The summed E-state index contributed by atoms with van der Waals surface area (Å²) in [5.41, 5.74) is 2.35. The third-order valence-electron chi connectivity index (χ3n) is 7.98. The van der Waals surface area contributed by atoms with Gasteiger partial charge in [0.15, 0.2) is 5.82 Å². The van der Waals surface area contributed by atoms with Gasteiger partial charge in [0.1, 0.15) is 0 Å². The zero-order chi connectivity index (χ0) is 23.5. The van der Waals surface area contributed by atoms with Gasteiger partial charge in [0.25, 0.3) is 5.56 Å². The fraction of sp³-hybridized carbons (Fsp3) is 0.615. The van der Waals surface area contributed by atoms with Gasteiger partial charge in [-0.1, -0.05) is 50.3 Å². The summed E-state index contributed by atoms with van der Waals surface area (Å²) in [6.45, 7) is 3.34. The van der Waals surface area contributed by atoms with Crippen LogP contribution in [0.1, 0.15) is 87.2 Å². The molecule has 34 heavy (non-hydrogen) atoms. The highest BCUT2D eigenvalue weighted by molar-refractivity contribution is 5.81. The van der Waals surface area contributed by atoms with Gasteiger partial charge in [-0.2, -0.15) is 0 Å². The molecular weight excluding hydrogens is 428 g/mol. The number of pyridine rings is 1. The molecular formula is C26H36N6O2. The highest BCUT2D eigenvalue weighted by atomic mass is 16.3. The number of nitrogens with one attached hydrogen (secondary N) is 1. The number of hydrogen-bond acceptors (Lipinski definition) is 6. The molecule has 2 N–H and O–H groups in total. The van der Waals surface area contributed by atoms with Gasteiger partial charge < -0.3 is 10.1 Å². The van der Waals surface area contributed by atoms with Crippen LogP contribution >= 0.6 is 0 Å². The molecule has 2 saturated carbocycles. The molecule has 2 heterocycles. The first-order chi connectivity index (χ1) is 16.6. The molecule has 0 spiro atoms. The van der Waals surface area contributed by atoms with Crippen molar-refractivity contribution in [2.24, 2.45) is 0 Å². The van der Waals surface area contributed by atoms with Crippen molar-refractivity contribution in [1.82, 2.24) is 30.1 Å². The molecule has 0 bridgehead atoms. The first-order valence-corrected chi connectivity index (χ1v) is 12.9. The van der Waals surface area contributed by atoms with Gasteiger partial charge in [0, 0.05) is 25.3 Å². The smallest absolute Gasteiger partial charge is 0.252 e. The van der Waals surface area contributed by atoms with E-state index in [-0.39, 0.29) is 17.7 Å². The van der Waals surface area contributed by atoms with E-state index in [4.69, 9.17) is 0 Å². The fourth-order valence-electron chi connectivity index (χ4n) is 6.17. The summed E-state index contributed by atoms with van der Waals surface area (Å²) >= 11 is 0. The van der Waals surface area contributed by atoms with E-state index in [0.717, 1.165) is 66.4 Å². The zero-order valence-electron chi connectivity index (χ0n) is 20.2. The average molecular weight is 465 g/mol. The standard InChI is InChI=1S/C26H36N6O2/c1-19-9-7-10-20-17-21(24(34)27-23(19)20)18-31(15-8-16-33)26(13-5-6-14-26)25-28-29-30-32(25)22-11-3-2-4-12-22/h7,9-10,17,22,33H,2-6,8,11-16,18H2,1H3,(H,27,34). The summed E-state index contributed by atoms with van der Waals surface area (Å²) in [6, 6.07) is 8.47. The van der Waals surface area contributed by atoms with Gasteiger partial charge in [0.05, 0.1) is 17.1 Å². The number of aromatic amines is 1. The quantitative estimate of drug-likeness (QED) is 0.523. The Balaban J connectivity index is 1.54. The number of para-hydroxylation sites is 1. The molecule has 5 rings (SSSR count). The van der Waals surface area contributed by atoms with Crippen molar-refractivity contribution in [2.45, 2.75) is 89.3 Å². The molecule has 0 aliphatic heterocycles. The number of aliphatic hydroxyl groups excluding tert-OH is 1. The Morgan fingerprint density at radius 3 is 2.74 bits per heavy atom. The predicted molar refractivity (Wildman–Crippen MR) is 132 cm³/mol. The zero-order valence-corrected chi connectivity index (χ0v) is 20.2. The van der Waals surface area contributed by atoms with Crippen LogP contribution in [-0.4, -0.2) is 48.3 Å². The molecule has 0 unspecified atom stereocenters. The SMILES string of the molecule is Cc1cccc2cc(CN(CCCO)C3(c4nnnn4C4CCCCC4)CCCC3)c(=O)[nH]c12. The number of benzene rings is 1. The number of rotatable bonds is 8. The van der Waals surface area contributed by atoms with Gasteiger partial charge in [-0.3, -0.25) is 9.69 Å². The average Bonchev–Trinajstić information content (AvgIpc) is 3.54. The van der Waals surface area contributed by atoms with Crippen LogP contribution in [-0.2, 0) is 12.1 Å². The first kappa shape index (κ1) is 23.2. The van der Waals surface area contributed by atoms with Gasteiger partial charge in [0.2, 0.25) is 0 Å². The largest absolute Gasteiger partial charge is 0.396 e. The van der Waals surface area contributed by atoms with E-state index in [1.807, 2.05) is 25.1 Å². The van der Waals surface area contributed by atoms with Crippen LogP contribution in [0.25, 0.3) is 10.9 Å². The number of aliphatic hydroxyl groups is 1. The summed E-state index contributed by atoms with van der Waals surface area (Å²) in [5.74, 6) is 0.947. The fourth-order valence-corrected chi connectivity index (χ4v) is 6.17. The summed E-state index contributed by atoms with van der Waals surface area (Å²) in [6.07, 6.45) is 10.8. The second-order valence-electron chi connectivity index (χ2n) is 10.1. The minimum atomic E-state index is -0.315. The Morgan fingerprint density at radius 2 is 1.97 bits per heavy atom. The molecule has 0 atom stereocenters. The number of fused-ring (bicyclic) bond motifs is 1. The number of aryl methyl sites for hydroxylation is 1. The minimum Gasteiger partial charge on any atom is -0.396 e. The van der Waals surface area contributed by atoms with Crippen molar-refractivity contribution in [1.29, 1.82) is 0 Å². The molecule has 2 aromatic heterocycles.